The number of benzene rings is 2. The number of hydrogen-bond donors (Lipinski definition) is 4. The van der Waals surface area contributed by atoms with Gasteiger partial charge in [0.1, 0.15) is 30.0 Å². The number of nitrogens with one attached hydrogen (secondary N) is 2. The van der Waals surface area contributed by atoms with E-state index in [1.165, 1.54) is 5.56 Å². The molecule has 0 saturated heterocycles. The number of rotatable bonds is 11. The van der Waals surface area contributed by atoms with Crippen LogP contribution < -0.4 is 21.1 Å². The molecule has 0 fully saturated rings. The smallest absolute Gasteiger partial charge is 0.127 e. The summed E-state index contributed by atoms with van der Waals surface area (Å²) < 4.78 is 11.9. The molecule has 2 aromatic carbocycles. The van der Waals surface area contributed by atoms with Crippen LogP contribution in [0.3, 0.4) is 0 Å². The maximum atomic E-state index is 10.5. The van der Waals surface area contributed by atoms with Gasteiger partial charge in [0.2, 0.25) is 0 Å². The number of nitrogens with two attached hydrogens (primary N) is 1. The molecule has 0 spiro atoms. The lowest BCUT2D eigenvalue weighted by atomic mass is 9.94. The van der Waals surface area contributed by atoms with E-state index in [1.807, 2.05) is 54.8 Å². The summed E-state index contributed by atoms with van der Waals surface area (Å²) in [5, 5.41) is 17.2. The van der Waals surface area contributed by atoms with Crippen LogP contribution in [0.2, 0.25) is 0 Å². The molecule has 1 aliphatic heterocycles. The summed E-state index contributed by atoms with van der Waals surface area (Å²) in [5.74, 6) is 2.61. The lowest BCUT2D eigenvalue weighted by molar-refractivity contribution is 0.0578. The number of allylic oxidation sites excluding steroid dienone is 2. The predicted molar refractivity (Wildman–Crippen MR) is 141 cm³/mol. The largest absolute Gasteiger partial charge is 0.494 e. The molecular weight excluding hydrogens is 438 g/mol. The summed E-state index contributed by atoms with van der Waals surface area (Å²) in [4.78, 5) is 0. The Morgan fingerprint density at radius 1 is 1.11 bits per heavy atom. The highest BCUT2D eigenvalue weighted by molar-refractivity contribution is 5.60. The SMILES string of the molecule is C=C(N)c1ccc(Oc2ccc(CC(C)(C)NC[C@H](O)COC3=CC=CC4NC=CC34)cc2)cc1. The summed E-state index contributed by atoms with van der Waals surface area (Å²) in [7, 11) is 0. The molecule has 3 atom stereocenters. The van der Waals surface area contributed by atoms with Crippen LogP contribution in [0.15, 0.2) is 91.4 Å². The number of ether oxygens (including phenoxy) is 2. The van der Waals surface area contributed by atoms with Gasteiger partial charge in [0.15, 0.2) is 0 Å². The topological polar surface area (TPSA) is 88.8 Å². The molecule has 2 aromatic rings. The highest BCUT2D eigenvalue weighted by atomic mass is 16.5. The molecule has 5 N–H and O–H groups in total. The Bertz CT molecular complexity index is 1100. The molecule has 1 aliphatic carbocycles. The molecule has 4 rings (SSSR count). The number of hydrogen-bond acceptors (Lipinski definition) is 6. The summed E-state index contributed by atoms with van der Waals surface area (Å²) in [6.45, 7) is 8.71. The van der Waals surface area contributed by atoms with Crippen LogP contribution in [0, 0.1) is 5.92 Å². The van der Waals surface area contributed by atoms with Crippen LogP contribution in [0.4, 0.5) is 0 Å². The van der Waals surface area contributed by atoms with Crippen LogP contribution in [0.5, 0.6) is 11.5 Å². The van der Waals surface area contributed by atoms with E-state index in [-0.39, 0.29) is 24.1 Å². The summed E-state index contributed by atoms with van der Waals surface area (Å²) >= 11 is 0. The van der Waals surface area contributed by atoms with Crippen LogP contribution in [0.25, 0.3) is 5.70 Å². The van der Waals surface area contributed by atoms with Crippen molar-refractivity contribution in [2.45, 2.75) is 38.0 Å². The molecule has 0 amide bonds. The van der Waals surface area contributed by atoms with E-state index in [1.54, 1.807) is 0 Å². The minimum Gasteiger partial charge on any atom is -0.494 e. The first-order valence-electron chi connectivity index (χ1n) is 12.0. The molecular formula is C29H35N3O3. The summed E-state index contributed by atoms with van der Waals surface area (Å²) in [5.41, 5.74) is 8.13. The molecule has 184 valence electrons. The van der Waals surface area contributed by atoms with Gasteiger partial charge in [0.25, 0.3) is 0 Å². The minimum atomic E-state index is -0.600. The monoisotopic (exact) mass is 473 g/mol. The van der Waals surface area contributed by atoms with Gasteiger partial charge < -0.3 is 30.9 Å². The van der Waals surface area contributed by atoms with Crippen molar-refractivity contribution in [2.75, 3.05) is 13.2 Å². The number of β-amino-alcohol motifs (C(OH)–C–C–N with tert-alkyl or cyclic N) is 1. The van der Waals surface area contributed by atoms with Crippen LogP contribution in [0.1, 0.15) is 25.0 Å². The lowest BCUT2D eigenvalue weighted by Gasteiger charge is -2.29. The van der Waals surface area contributed by atoms with Crippen molar-refractivity contribution in [1.82, 2.24) is 10.6 Å². The van der Waals surface area contributed by atoms with E-state index in [0.29, 0.717) is 12.2 Å². The Kier molecular flexibility index (Phi) is 7.63. The van der Waals surface area contributed by atoms with Crippen molar-refractivity contribution in [3.63, 3.8) is 0 Å². The first-order valence-corrected chi connectivity index (χ1v) is 12.0. The summed E-state index contributed by atoms with van der Waals surface area (Å²) in [6.07, 6.45) is 10.4. The lowest BCUT2D eigenvalue weighted by Crippen LogP contribution is -2.46. The van der Waals surface area contributed by atoms with E-state index >= 15 is 0 Å². The van der Waals surface area contributed by atoms with Gasteiger partial charge in [0.05, 0.1) is 12.0 Å². The molecule has 1 heterocycles. The van der Waals surface area contributed by atoms with E-state index < -0.39 is 6.10 Å². The molecule has 2 unspecified atom stereocenters. The Balaban J connectivity index is 1.22. The van der Waals surface area contributed by atoms with Gasteiger partial charge in [-0.15, -0.1) is 0 Å². The van der Waals surface area contributed by atoms with Crippen molar-refractivity contribution < 1.29 is 14.6 Å². The van der Waals surface area contributed by atoms with E-state index in [9.17, 15) is 5.11 Å². The van der Waals surface area contributed by atoms with Gasteiger partial charge in [0, 0.05) is 17.8 Å². The third-order valence-corrected chi connectivity index (χ3v) is 6.18. The molecule has 0 saturated carbocycles. The fourth-order valence-electron chi connectivity index (χ4n) is 4.23. The van der Waals surface area contributed by atoms with Crippen molar-refractivity contribution in [3.05, 3.63) is 102 Å². The highest BCUT2D eigenvalue weighted by Crippen LogP contribution is 2.27. The molecule has 0 aromatic heterocycles. The average Bonchev–Trinajstić information content (AvgIpc) is 3.32. The van der Waals surface area contributed by atoms with E-state index in [2.05, 4.69) is 55.3 Å². The second-order valence-corrected chi connectivity index (χ2v) is 9.73. The molecule has 6 nitrogen and oxygen atoms in total. The fourth-order valence-corrected chi connectivity index (χ4v) is 4.23. The standard InChI is InChI=1S/C29H35N3O3/c1-20(30)22-9-13-25(14-10-22)35-24-11-7-21(8-12-24)17-29(2,3)32-18-23(33)19-34-28-6-4-5-27-26(28)15-16-31-27/h4-16,23,26-27,31-33H,1,17-19,30H2,2-3H3/t23-,26?,27?/m0/s1. The third-order valence-electron chi connectivity index (χ3n) is 6.18. The van der Waals surface area contributed by atoms with Gasteiger partial charge in [-0.1, -0.05) is 36.9 Å². The van der Waals surface area contributed by atoms with Crippen LogP contribution in [-0.4, -0.2) is 35.9 Å². The van der Waals surface area contributed by atoms with Crippen molar-refractivity contribution in [3.8, 4) is 11.5 Å². The Labute approximate surface area is 207 Å². The molecule has 2 aliphatic rings. The van der Waals surface area contributed by atoms with Gasteiger partial charge in [-0.05, 0) is 80.1 Å². The molecule has 6 heteroatoms. The normalized spacial score (nSPS) is 19.5. The zero-order chi connectivity index (χ0) is 24.8. The van der Waals surface area contributed by atoms with E-state index in [0.717, 1.165) is 29.2 Å². The zero-order valence-corrected chi connectivity index (χ0v) is 20.4. The first kappa shape index (κ1) is 24.6. The minimum absolute atomic E-state index is 0.195. The van der Waals surface area contributed by atoms with Crippen LogP contribution in [-0.2, 0) is 11.2 Å². The summed E-state index contributed by atoms with van der Waals surface area (Å²) in [6, 6.07) is 15.9. The zero-order valence-electron chi connectivity index (χ0n) is 20.4. The van der Waals surface area contributed by atoms with Crippen LogP contribution >= 0.6 is 0 Å². The number of fused-ring (bicyclic) bond motifs is 1. The van der Waals surface area contributed by atoms with E-state index in [4.69, 9.17) is 15.2 Å². The molecule has 35 heavy (non-hydrogen) atoms. The van der Waals surface area contributed by atoms with Gasteiger partial charge in [-0.3, -0.25) is 0 Å². The van der Waals surface area contributed by atoms with Crippen molar-refractivity contribution in [1.29, 1.82) is 0 Å². The van der Waals surface area contributed by atoms with Crippen molar-refractivity contribution >= 4 is 5.70 Å². The Morgan fingerprint density at radius 2 is 1.80 bits per heavy atom. The maximum Gasteiger partial charge on any atom is 0.127 e. The Hall–Kier alpha value is -3.48. The van der Waals surface area contributed by atoms with Gasteiger partial charge in [-0.25, -0.2) is 0 Å². The van der Waals surface area contributed by atoms with Gasteiger partial charge in [-0.2, -0.15) is 0 Å². The molecule has 0 bridgehead atoms. The second kappa shape index (κ2) is 10.8. The second-order valence-electron chi connectivity index (χ2n) is 9.73. The quantitative estimate of drug-likeness (QED) is 0.390. The number of aliphatic hydroxyl groups excluding tert-OH is 1. The highest BCUT2D eigenvalue weighted by Gasteiger charge is 2.27. The third kappa shape index (κ3) is 6.78. The van der Waals surface area contributed by atoms with Crippen molar-refractivity contribution in [2.24, 2.45) is 11.7 Å². The van der Waals surface area contributed by atoms with Gasteiger partial charge >= 0.3 is 0 Å². The Morgan fingerprint density at radius 3 is 2.49 bits per heavy atom. The average molecular weight is 474 g/mol. The maximum absolute atomic E-state index is 10.5. The molecule has 0 radical (unpaired) electrons. The first-order chi connectivity index (χ1) is 16.8. The predicted octanol–water partition coefficient (Wildman–Crippen LogP) is 4.25. The number of aliphatic hydroxyl groups is 1. The fraction of sp³-hybridized carbons (Fsp3) is 0.310.